The van der Waals surface area contributed by atoms with E-state index >= 15 is 0 Å². The van der Waals surface area contributed by atoms with E-state index in [4.69, 9.17) is 0 Å². The van der Waals surface area contributed by atoms with Crippen LogP contribution in [0.25, 0.3) is 17.0 Å². The largest absolute Gasteiger partial charge is 0.369 e. The van der Waals surface area contributed by atoms with Crippen LogP contribution in [0.4, 0.5) is 10.2 Å². The molecule has 0 amide bonds. The molecule has 0 saturated carbocycles. The van der Waals surface area contributed by atoms with Gasteiger partial charge in [-0.25, -0.2) is 4.39 Å². The summed E-state index contributed by atoms with van der Waals surface area (Å²) in [6, 6.07) is 20.7. The Hall–Kier alpha value is -3.36. The second kappa shape index (κ2) is 10.1. The van der Waals surface area contributed by atoms with Gasteiger partial charge in [-0.1, -0.05) is 30.3 Å². The first-order chi connectivity index (χ1) is 16.2. The summed E-state index contributed by atoms with van der Waals surface area (Å²) in [6.45, 7) is 7.39. The summed E-state index contributed by atoms with van der Waals surface area (Å²) < 4.78 is 14.9. The predicted molar refractivity (Wildman–Crippen MR) is 127 cm³/mol. The first kappa shape index (κ1) is 21.5. The van der Waals surface area contributed by atoms with E-state index < -0.39 is 0 Å². The molecule has 1 aliphatic rings. The van der Waals surface area contributed by atoms with E-state index in [9.17, 15) is 4.39 Å². The molecule has 0 spiro atoms. The van der Waals surface area contributed by atoms with Gasteiger partial charge in [-0.3, -0.25) is 4.90 Å². The molecule has 1 aliphatic heterocycles. The molecule has 3 heterocycles. The molecular weight excluding hydrogens is 417 g/mol. The average molecular weight is 446 g/mol. The molecule has 2 aromatic heterocycles. The molecule has 7 nitrogen and oxygen atoms in total. The van der Waals surface area contributed by atoms with Crippen molar-refractivity contribution in [3.05, 3.63) is 78.1 Å². The minimum Gasteiger partial charge on any atom is -0.369 e. The molecule has 0 aliphatic carbocycles. The van der Waals surface area contributed by atoms with Crippen LogP contribution in [0, 0.1) is 5.82 Å². The van der Waals surface area contributed by atoms with Crippen molar-refractivity contribution >= 4 is 11.5 Å². The van der Waals surface area contributed by atoms with Gasteiger partial charge in [0.05, 0.1) is 0 Å². The van der Waals surface area contributed by atoms with Gasteiger partial charge in [-0.15, -0.1) is 15.3 Å². The highest BCUT2D eigenvalue weighted by molar-refractivity contribution is 5.59. The minimum atomic E-state index is -0.277. The fourth-order valence-electron chi connectivity index (χ4n) is 4.19. The van der Waals surface area contributed by atoms with Gasteiger partial charge < -0.3 is 10.2 Å². The summed E-state index contributed by atoms with van der Waals surface area (Å²) in [5.74, 6) is 1.10. The molecule has 1 fully saturated rings. The molecule has 1 N–H and O–H groups in total. The Balaban J connectivity index is 1.09. The van der Waals surface area contributed by atoms with E-state index in [-0.39, 0.29) is 5.82 Å². The number of rotatable bonds is 8. The van der Waals surface area contributed by atoms with Gasteiger partial charge in [0.1, 0.15) is 11.6 Å². The van der Waals surface area contributed by atoms with E-state index in [1.807, 2.05) is 12.1 Å². The number of anilines is 1. The summed E-state index contributed by atoms with van der Waals surface area (Å²) in [6.07, 6.45) is 1.05. The standard InChI is InChI=1S/C25H28FN7/c26-22-9-7-21(8-10-22)25-29-28-24-12-11-23(30-33(24)25)27-13-4-14-31-15-17-32(18-16-31)19-20-5-2-1-3-6-20/h1-3,5-12H,4,13-19H2,(H,27,30). The van der Waals surface area contributed by atoms with Crippen LogP contribution in [-0.4, -0.2) is 68.9 Å². The molecular formula is C25H28FN7. The number of nitrogens with zero attached hydrogens (tertiary/aromatic N) is 6. The fraction of sp³-hybridized carbons (Fsp3) is 0.320. The Morgan fingerprint density at radius 1 is 0.818 bits per heavy atom. The van der Waals surface area contributed by atoms with E-state index in [1.54, 1.807) is 16.6 Å². The Kier molecular flexibility index (Phi) is 6.55. The van der Waals surface area contributed by atoms with Crippen LogP contribution in [0.2, 0.25) is 0 Å². The summed E-state index contributed by atoms with van der Waals surface area (Å²) in [5.41, 5.74) is 2.82. The van der Waals surface area contributed by atoms with Gasteiger partial charge in [-0.2, -0.15) is 4.52 Å². The number of hydrogen-bond donors (Lipinski definition) is 1. The second-order valence-corrected chi connectivity index (χ2v) is 8.40. The number of hydrogen-bond acceptors (Lipinski definition) is 6. The SMILES string of the molecule is Fc1ccc(-c2nnc3ccc(NCCCN4CCN(Cc5ccccc5)CC4)nn23)cc1. The van der Waals surface area contributed by atoms with Gasteiger partial charge in [-0.05, 0) is 54.9 Å². The van der Waals surface area contributed by atoms with E-state index in [2.05, 4.69) is 60.7 Å². The minimum absolute atomic E-state index is 0.277. The lowest BCUT2D eigenvalue weighted by Crippen LogP contribution is -2.46. The Labute approximate surface area is 192 Å². The lowest BCUT2D eigenvalue weighted by molar-refractivity contribution is 0.127. The quantitative estimate of drug-likeness (QED) is 0.419. The highest BCUT2D eigenvalue weighted by atomic mass is 19.1. The summed E-state index contributed by atoms with van der Waals surface area (Å²) in [4.78, 5) is 5.06. The molecule has 170 valence electrons. The topological polar surface area (TPSA) is 61.6 Å². The van der Waals surface area contributed by atoms with Crippen LogP contribution in [0.5, 0.6) is 0 Å². The van der Waals surface area contributed by atoms with Crippen molar-refractivity contribution < 1.29 is 4.39 Å². The van der Waals surface area contributed by atoms with Crippen molar-refractivity contribution in [2.24, 2.45) is 0 Å². The summed E-state index contributed by atoms with van der Waals surface area (Å²) in [5, 5.41) is 16.4. The van der Waals surface area contributed by atoms with Gasteiger partial charge in [0.15, 0.2) is 11.5 Å². The van der Waals surface area contributed by atoms with Gasteiger partial charge in [0.25, 0.3) is 0 Å². The number of piperazine rings is 1. The molecule has 0 bridgehead atoms. The average Bonchev–Trinajstić information content (AvgIpc) is 3.27. The first-order valence-electron chi connectivity index (χ1n) is 11.5. The zero-order valence-electron chi connectivity index (χ0n) is 18.6. The molecule has 0 atom stereocenters. The van der Waals surface area contributed by atoms with Crippen molar-refractivity contribution in [3.63, 3.8) is 0 Å². The van der Waals surface area contributed by atoms with Gasteiger partial charge >= 0.3 is 0 Å². The van der Waals surface area contributed by atoms with Crippen molar-refractivity contribution in [2.45, 2.75) is 13.0 Å². The molecule has 2 aromatic carbocycles. The molecule has 0 radical (unpaired) electrons. The van der Waals surface area contributed by atoms with Crippen molar-refractivity contribution in [1.29, 1.82) is 0 Å². The number of nitrogens with one attached hydrogen (secondary N) is 1. The van der Waals surface area contributed by atoms with Crippen LogP contribution in [0.15, 0.2) is 66.7 Å². The maximum absolute atomic E-state index is 13.2. The Morgan fingerprint density at radius 2 is 1.58 bits per heavy atom. The molecule has 33 heavy (non-hydrogen) atoms. The highest BCUT2D eigenvalue weighted by Crippen LogP contribution is 2.19. The van der Waals surface area contributed by atoms with Crippen LogP contribution < -0.4 is 5.32 Å². The van der Waals surface area contributed by atoms with E-state index in [0.29, 0.717) is 11.5 Å². The van der Waals surface area contributed by atoms with Crippen molar-refractivity contribution in [2.75, 3.05) is 44.6 Å². The number of halogens is 1. The third-order valence-corrected chi connectivity index (χ3v) is 6.04. The third-order valence-electron chi connectivity index (χ3n) is 6.04. The summed E-state index contributed by atoms with van der Waals surface area (Å²) >= 11 is 0. The predicted octanol–water partition coefficient (Wildman–Crippen LogP) is 3.55. The maximum Gasteiger partial charge on any atom is 0.185 e. The Morgan fingerprint density at radius 3 is 2.36 bits per heavy atom. The number of fused-ring (bicyclic) bond motifs is 1. The molecule has 8 heteroatoms. The van der Waals surface area contributed by atoms with E-state index in [0.717, 1.165) is 63.6 Å². The smallest absolute Gasteiger partial charge is 0.185 e. The number of aromatic nitrogens is 4. The lowest BCUT2D eigenvalue weighted by Gasteiger charge is -2.34. The molecule has 1 saturated heterocycles. The monoisotopic (exact) mass is 445 g/mol. The third kappa shape index (κ3) is 5.35. The maximum atomic E-state index is 13.2. The lowest BCUT2D eigenvalue weighted by atomic mass is 10.2. The van der Waals surface area contributed by atoms with Crippen LogP contribution in [0.3, 0.4) is 0 Å². The van der Waals surface area contributed by atoms with Gasteiger partial charge in [0.2, 0.25) is 0 Å². The van der Waals surface area contributed by atoms with Crippen LogP contribution >= 0.6 is 0 Å². The van der Waals surface area contributed by atoms with Crippen LogP contribution in [0.1, 0.15) is 12.0 Å². The highest BCUT2D eigenvalue weighted by Gasteiger charge is 2.16. The van der Waals surface area contributed by atoms with Crippen LogP contribution in [-0.2, 0) is 6.54 Å². The zero-order valence-corrected chi connectivity index (χ0v) is 18.6. The molecule has 4 aromatic rings. The normalized spacial score (nSPS) is 15.2. The van der Waals surface area contributed by atoms with Crippen molar-refractivity contribution in [3.8, 4) is 11.4 Å². The fourth-order valence-corrected chi connectivity index (χ4v) is 4.19. The van der Waals surface area contributed by atoms with E-state index in [1.165, 1.54) is 17.7 Å². The zero-order chi connectivity index (χ0) is 22.5. The molecule has 0 unspecified atom stereocenters. The molecule has 5 rings (SSSR count). The van der Waals surface area contributed by atoms with Crippen molar-refractivity contribution in [1.82, 2.24) is 29.6 Å². The second-order valence-electron chi connectivity index (χ2n) is 8.40. The number of benzene rings is 2. The summed E-state index contributed by atoms with van der Waals surface area (Å²) in [7, 11) is 0. The first-order valence-corrected chi connectivity index (χ1v) is 11.5. The Bertz CT molecular complexity index is 1170. The van der Waals surface area contributed by atoms with Gasteiger partial charge in [0, 0.05) is 44.8 Å².